The number of benzene rings is 1. The Labute approximate surface area is 155 Å². The molecule has 2 aromatic rings. The molecular formula is C18H21F2N5O2. The quantitative estimate of drug-likeness (QED) is 0.835. The van der Waals surface area contributed by atoms with Crippen molar-refractivity contribution in [3.8, 4) is 0 Å². The average molecular weight is 377 g/mol. The summed E-state index contributed by atoms with van der Waals surface area (Å²) in [6.45, 7) is 5.34. The second kappa shape index (κ2) is 7.73. The molecule has 0 unspecified atom stereocenters. The smallest absolute Gasteiger partial charge is 0.325 e. The first-order valence-electron chi connectivity index (χ1n) is 8.64. The Hall–Kier alpha value is -2.97. The summed E-state index contributed by atoms with van der Waals surface area (Å²) >= 11 is 0. The number of aromatic nitrogens is 2. The molecule has 3 rings (SSSR count). The summed E-state index contributed by atoms with van der Waals surface area (Å²) in [5.41, 5.74) is 2.20. The highest BCUT2D eigenvalue weighted by molar-refractivity contribution is 5.96. The summed E-state index contributed by atoms with van der Waals surface area (Å²) < 4.78 is 28.2. The predicted molar refractivity (Wildman–Crippen MR) is 95.4 cm³/mol. The zero-order chi connectivity index (χ0) is 19.6. The van der Waals surface area contributed by atoms with Gasteiger partial charge in [0.2, 0.25) is 5.91 Å². The minimum atomic E-state index is -1.01. The number of carbonyl (C=O) groups excluding carboxylic acids is 2. The number of carbonyl (C=O) groups is 2. The Bertz CT molecular complexity index is 867. The summed E-state index contributed by atoms with van der Waals surface area (Å²) in [6.07, 6.45) is 0. The van der Waals surface area contributed by atoms with E-state index in [1.54, 1.807) is 4.68 Å². The molecule has 1 saturated heterocycles. The molecular weight excluding hydrogens is 356 g/mol. The fourth-order valence-corrected chi connectivity index (χ4v) is 3.05. The molecule has 0 bridgehead atoms. The van der Waals surface area contributed by atoms with E-state index in [1.165, 1.54) is 15.9 Å². The van der Waals surface area contributed by atoms with Crippen LogP contribution in [0.2, 0.25) is 0 Å². The SMILES string of the molecule is Cc1cc(C)n(CCNC(=O)CN2CCN(c3ccc(F)c(F)c3)C2=O)n1. The molecule has 1 aromatic carbocycles. The van der Waals surface area contributed by atoms with Gasteiger partial charge in [-0.2, -0.15) is 5.10 Å². The molecule has 0 radical (unpaired) electrons. The molecule has 9 heteroatoms. The van der Waals surface area contributed by atoms with Gasteiger partial charge in [0.05, 0.1) is 12.2 Å². The second-order valence-corrected chi connectivity index (χ2v) is 6.45. The molecule has 27 heavy (non-hydrogen) atoms. The first-order valence-corrected chi connectivity index (χ1v) is 8.64. The summed E-state index contributed by atoms with van der Waals surface area (Å²) in [4.78, 5) is 27.2. The maximum atomic E-state index is 13.4. The summed E-state index contributed by atoms with van der Waals surface area (Å²) in [5, 5.41) is 7.08. The van der Waals surface area contributed by atoms with Gasteiger partial charge >= 0.3 is 6.03 Å². The van der Waals surface area contributed by atoms with Crippen LogP contribution in [0.4, 0.5) is 19.3 Å². The first-order chi connectivity index (χ1) is 12.8. The van der Waals surface area contributed by atoms with Gasteiger partial charge in [-0.3, -0.25) is 14.4 Å². The lowest BCUT2D eigenvalue weighted by molar-refractivity contribution is -0.121. The number of hydrogen-bond donors (Lipinski definition) is 1. The minimum absolute atomic E-state index is 0.0872. The van der Waals surface area contributed by atoms with Crippen LogP contribution in [0.5, 0.6) is 0 Å². The van der Waals surface area contributed by atoms with Gasteiger partial charge in [0, 0.05) is 37.1 Å². The van der Waals surface area contributed by atoms with Gasteiger partial charge in [-0.1, -0.05) is 0 Å². The van der Waals surface area contributed by atoms with E-state index in [2.05, 4.69) is 10.4 Å². The Morgan fingerprint density at radius 1 is 1.19 bits per heavy atom. The number of nitrogens with zero attached hydrogens (tertiary/aromatic N) is 4. The summed E-state index contributed by atoms with van der Waals surface area (Å²) in [7, 11) is 0. The number of halogens is 2. The fourth-order valence-electron chi connectivity index (χ4n) is 3.05. The van der Waals surface area contributed by atoms with Gasteiger partial charge in [0.25, 0.3) is 0 Å². The van der Waals surface area contributed by atoms with Crippen molar-refractivity contribution in [3.63, 3.8) is 0 Å². The summed E-state index contributed by atoms with van der Waals surface area (Å²) in [6, 6.07) is 4.85. The minimum Gasteiger partial charge on any atom is -0.353 e. The van der Waals surface area contributed by atoms with Crippen LogP contribution in [0.3, 0.4) is 0 Å². The molecule has 144 valence electrons. The monoisotopic (exact) mass is 377 g/mol. The van der Waals surface area contributed by atoms with E-state index in [0.29, 0.717) is 26.2 Å². The third kappa shape index (κ3) is 4.24. The molecule has 2 heterocycles. The normalized spacial score (nSPS) is 14.1. The van der Waals surface area contributed by atoms with Crippen LogP contribution in [0.25, 0.3) is 0 Å². The molecule has 0 aliphatic carbocycles. The van der Waals surface area contributed by atoms with Crippen LogP contribution in [0, 0.1) is 25.5 Å². The van der Waals surface area contributed by atoms with Gasteiger partial charge in [-0.25, -0.2) is 13.6 Å². The number of amides is 3. The molecule has 1 fully saturated rings. The van der Waals surface area contributed by atoms with Crippen LogP contribution in [-0.4, -0.2) is 52.8 Å². The number of hydrogen-bond acceptors (Lipinski definition) is 3. The molecule has 7 nitrogen and oxygen atoms in total. The lowest BCUT2D eigenvalue weighted by Gasteiger charge is -2.18. The Morgan fingerprint density at radius 3 is 2.63 bits per heavy atom. The van der Waals surface area contributed by atoms with Crippen molar-refractivity contribution in [2.24, 2.45) is 0 Å². The standard InChI is InChI=1S/C18H21F2N5O2/c1-12-9-13(2)25(22-12)6-5-21-17(26)11-23-7-8-24(18(23)27)14-3-4-15(19)16(20)10-14/h3-4,9-10H,5-8,11H2,1-2H3,(H,21,26). The number of rotatable bonds is 6. The predicted octanol–water partition coefficient (Wildman–Crippen LogP) is 1.84. The zero-order valence-electron chi connectivity index (χ0n) is 15.2. The molecule has 0 atom stereocenters. The largest absolute Gasteiger partial charge is 0.353 e. The number of anilines is 1. The van der Waals surface area contributed by atoms with E-state index in [9.17, 15) is 18.4 Å². The highest BCUT2D eigenvalue weighted by atomic mass is 19.2. The van der Waals surface area contributed by atoms with Crippen molar-refractivity contribution in [2.45, 2.75) is 20.4 Å². The topological polar surface area (TPSA) is 70.5 Å². The van der Waals surface area contributed by atoms with E-state index in [4.69, 9.17) is 0 Å². The van der Waals surface area contributed by atoms with Crippen molar-refractivity contribution in [1.82, 2.24) is 20.0 Å². The van der Waals surface area contributed by atoms with E-state index >= 15 is 0 Å². The third-order valence-electron chi connectivity index (χ3n) is 4.39. The Balaban J connectivity index is 1.50. The van der Waals surface area contributed by atoms with E-state index in [0.717, 1.165) is 23.5 Å². The van der Waals surface area contributed by atoms with Crippen molar-refractivity contribution in [2.75, 3.05) is 31.1 Å². The van der Waals surface area contributed by atoms with Crippen LogP contribution in [-0.2, 0) is 11.3 Å². The molecule has 3 amide bonds. The lowest BCUT2D eigenvalue weighted by atomic mass is 10.3. The zero-order valence-corrected chi connectivity index (χ0v) is 15.2. The lowest BCUT2D eigenvalue weighted by Crippen LogP contribution is -2.40. The van der Waals surface area contributed by atoms with Crippen LogP contribution < -0.4 is 10.2 Å². The highest BCUT2D eigenvalue weighted by Gasteiger charge is 2.31. The van der Waals surface area contributed by atoms with Crippen molar-refractivity contribution < 1.29 is 18.4 Å². The van der Waals surface area contributed by atoms with Crippen molar-refractivity contribution >= 4 is 17.6 Å². The van der Waals surface area contributed by atoms with Crippen LogP contribution >= 0.6 is 0 Å². The van der Waals surface area contributed by atoms with E-state index in [-0.39, 0.29) is 18.1 Å². The Morgan fingerprint density at radius 2 is 1.96 bits per heavy atom. The molecule has 1 aromatic heterocycles. The molecule has 1 N–H and O–H groups in total. The van der Waals surface area contributed by atoms with Crippen molar-refractivity contribution in [1.29, 1.82) is 0 Å². The van der Waals surface area contributed by atoms with Crippen LogP contribution in [0.1, 0.15) is 11.4 Å². The number of urea groups is 1. The molecule has 1 aliphatic rings. The third-order valence-corrected chi connectivity index (χ3v) is 4.39. The van der Waals surface area contributed by atoms with Crippen molar-refractivity contribution in [3.05, 3.63) is 47.3 Å². The molecule has 0 spiro atoms. The van der Waals surface area contributed by atoms with Crippen LogP contribution in [0.15, 0.2) is 24.3 Å². The summed E-state index contributed by atoms with van der Waals surface area (Å²) in [5.74, 6) is -2.26. The highest BCUT2D eigenvalue weighted by Crippen LogP contribution is 2.22. The Kier molecular flexibility index (Phi) is 5.38. The van der Waals surface area contributed by atoms with Gasteiger partial charge in [-0.15, -0.1) is 0 Å². The maximum Gasteiger partial charge on any atom is 0.325 e. The van der Waals surface area contributed by atoms with E-state index < -0.39 is 17.7 Å². The first kappa shape index (κ1) is 18.8. The molecule has 1 aliphatic heterocycles. The van der Waals surface area contributed by atoms with Gasteiger partial charge in [-0.05, 0) is 32.0 Å². The maximum absolute atomic E-state index is 13.4. The number of nitrogens with one attached hydrogen (secondary N) is 1. The number of aryl methyl sites for hydroxylation is 2. The second-order valence-electron chi connectivity index (χ2n) is 6.45. The van der Waals surface area contributed by atoms with Gasteiger partial charge < -0.3 is 10.2 Å². The van der Waals surface area contributed by atoms with Gasteiger partial charge in [0.15, 0.2) is 11.6 Å². The van der Waals surface area contributed by atoms with Gasteiger partial charge in [0.1, 0.15) is 6.54 Å². The van der Waals surface area contributed by atoms with E-state index in [1.807, 2.05) is 19.9 Å². The molecule has 0 saturated carbocycles. The average Bonchev–Trinajstić information content (AvgIpc) is 3.12. The fraction of sp³-hybridized carbons (Fsp3) is 0.389.